The number of piperazine rings is 1. The Morgan fingerprint density at radius 1 is 1.11 bits per heavy atom. The Hall–Kier alpha value is -3.20. The largest absolute Gasteiger partial charge is 0.383 e. The van der Waals surface area contributed by atoms with E-state index in [4.69, 9.17) is 10.7 Å². The van der Waals surface area contributed by atoms with Gasteiger partial charge >= 0.3 is 11.8 Å². The SMILES string of the molecule is CCc1cc(NC(=O)C(=O)N2C[C@@H](C)CC[C@@H]2c2ccc(N3CCN(C)C[C@H]3C)nc2)cnc1N. The molecule has 4 rings (SSSR count). The third-order valence-electron chi connectivity index (χ3n) is 7.19. The predicted molar refractivity (Wildman–Crippen MR) is 138 cm³/mol. The first-order valence-corrected chi connectivity index (χ1v) is 12.5. The van der Waals surface area contributed by atoms with Gasteiger partial charge in [0.1, 0.15) is 11.6 Å². The normalized spacial score (nSPS) is 23.3. The Kier molecular flexibility index (Phi) is 7.54. The van der Waals surface area contributed by atoms with E-state index in [9.17, 15) is 9.59 Å². The molecule has 0 bridgehead atoms. The van der Waals surface area contributed by atoms with Crippen molar-refractivity contribution in [2.24, 2.45) is 5.92 Å². The first-order chi connectivity index (χ1) is 16.8. The van der Waals surface area contributed by atoms with Gasteiger partial charge in [0, 0.05) is 38.4 Å². The Balaban J connectivity index is 1.49. The molecule has 35 heavy (non-hydrogen) atoms. The van der Waals surface area contributed by atoms with E-state index < -0.39 is 11.8 Å². The van der Waals surface area contributed by atoms with Crippen LogP contribution >= 0.6 is 0 Å². The number of anilines is 3. The highest BCUT2D eigenvalue weighted by Crippen LogP contribution is 2.34. The van der Waals surface area contributed by atoms with Gasteiger partial charge in [-0.2, -0.15) is 0 Å². The van der Waals surface area contributed by atoms with Gasteiger partial charge < -0.3 is 25.8 Å². The fourth-order valence-corrected chi connectivity index (χ4v) is 5.16. The van der Waals surface area contributed by atoms with Crippen LogP contribution in [-0.4, -0.2) is 70.9 Å². The predicted octanol–water partition coefficient (Wildman–Crippen LogP) is 2.70. The van der Waals surface area contributed by atoms with Crippen LogP contribution in [0.3, 0.4) is 0 Å². The fraction of sp³-hybridized carbons (Fsp3) is 0.538. The zero-order valence-corrected chi connectivity index (χ0v) is 21.2. The molecule has 3 atom stereocenters. The van der Waals surface area contributed by atoms with E-state index in [0.29, 0.717) is 36.4 Å². The molecule has 0 unspecified atom stereocenters. The van der Waals surface area contributed by atoms with Gasteiger partial charge in [-0.15, -0.1) is 0 Å². The molecule has 2 aliphatic rings. The van der Waals surface area contributed by atoms with E-state index in [1.54, 1.807) is 11.0 Å². The van der Waals surface area contributed by atoms with Crippen molar-refractivity contribution in [2.45, 2.75) is 52.1 Å². The molecule has 3 N–H and O–H groups in total. The smallest absolute Gasteiger partial charge is 0.313 e. The number of likely N-dealkylation sites (tertiary alicyclic amines) is 1. The van der Waals surface area contributed by atoms with Crippen LogP contribution in [0.4, 0.5) is 17.3 Å². The van der Waals surface area contributed by atoms with Crippen LogP contribution in [0.2, 0.25) is 0 Å². The first kappa shape index (κ1) is 24.9. The van der Waals surface area contributed by atoms with Gasteiger partial charge in [-0.1, -0.05) is 19.9 Å². The number of amides is 2. The third-order valence-corrected chi connectivity index (χ3v) is 7.19. The third kappa shape index (κ3) is 5.56. The second-order valence-electron chi connectivity index (χ2n) is 9.99. The van der Waals surface area contributed by atoms with Crippen molar-refractivity contribution in [1.82, 2.24) is 19.8 Å². The highest BCUT2D eigenvalue weighted by Gasteiger charge is 2.34. The first-order valence-electron chi connectivity index (χ1n) is 12.5. The van der Waals surface area contributed by atoms with Crippen molar-refractivity contribution in [1.29, 1.82) is 0 Å². The maximum atomic E-state index is 13.3. The molecule has 188 valence electrons. The lowest BCUT2D eigenvalue weighted by molar-refractivity contribution is -0.146. The highest BCUT2D eigenvalue weighted by molar-refractivity contribution is 6.39. The number of nitrogen functional groups attached to an aromatic ring is 1. The number of pyridine rings is 2. The number of carbonyl (C=O) groups is 2. The van der Waals surface area contributed by atoms with Crippen molar-refractivity contribution in [3.8, 4) is 0 Å². The molecule has 9 heteroatoms. The van der Waals surface area contributed by atoms with Crippen LogP contribution in [0.25, 0.3) is 0 Å². The summed E-state index contributed by atoms with van der Waals surface area (Å²) in [5, 5.41) is 2.71. The molecule has 2 aromatic heterocycles. The van der Waals surface area contributed by atoms with Crippen molar-refractivity contribution in [2.75, 3.05) is 49.2 Å². The van der Waals surface area contributed by atoms with Gasteiger partial charge in [0.2, 0.25) is 0 Å². The minimum Gasteiger partial charge on any atom is -0.383 e. The molecule has 0 saturated carbocycles. The Morgan fingerprint density at radius 2 is 1.91 bits per heavy atom. The number of carbonyl (C=O) groups excluding carboxylic acids is 2. The van der Waals surface area contributed by atoms with Gasteiger partial charge in [0.05, 0.1) is 17.9 Å². The number of hydrogen-bond acceptors (Lipinski definition) is 7. The molecule has 0 radical (unpaired) electrons. The lowest BCUT2D eigenvalue weighted by atomic mass is 9.90. The van der Waals surface area contributed by atoms with Crippen molar-refractivity contribution in [3.63, 3.8) is 0 Å². The number of aryl methyl sites for hydroxylation is 1. The Morgan fingerprint density at radius 3 is 2.60 bits per heavy atom. The molecule has 2 saturated heterocycles. The number of aromatic nitrogens is 2. The van der Waals surface area contributed by atoms with E-state index in [-0.39, 0.29) is 6.04 Å². The summed E-state index contributed by atoms with van der Waals surface area (Å²) in [4.78, 5) is 41.4. The molecule has 0 spiro atoms. The molecule has 2 aromatic rings. The van der Waals surface area contributed by atoms with Crippen LogP contribution in [0.1, 0.15) is 50.8 Å². The average molecular weight is 480 g/mol. The van der Waals surface area contributed by atoms with Gasteiger partial charge in [-0.25, -0.2) is 9.97 Å². The molecular formula is C26H37N7O2. The number of rotatable bonds is 4. The molecule has 2 fully saturated rings. The molecular weight excluding hydrogens is 442 g/mol. The highest BCUT2D eigenvalue weighted by atomic mass is 16.2. The van der Waals surface area contributed by atoms with Gasteiger partial charge in [0.15, 0.2) is 0 Å². The van der Waals surface area contributed by atoms with Crippen LogP contribution in [0.5, 0.6) is 0 Å². The number of piperidine rings is 1. The van der Waals surface area contributed by atoms with E-state index in [0.717, 1.165) is 49.4 Å². The summed E-state index contributed by atoms with van der Waals surface area (Å²) in [5.74, 6) is 0.522. The number of likely N-dealkylation sites (N-methyl/N-ethyl adjacent to an activating group) is 1. The zero-order chi connectivity index (χ0) is 25.1. The maximum Gasteiger partial charge on any atom is 0.313 e. The molecule has 9 nitrogen and oxygen atoms in total. The second-order valence-corrected chi connectivity index (χ2v) is 9.99. The van der Waals surface area contributed by atoms with Crippen LogP contribution in [-0.2, 0) is 16.0 Å². The molecule has 4 heterocycles. The Bertz CT molecular complexity index is 1060. The van der Waals surface area contributed by atoms with E-state index in [1.807, 2.05) is 19.2 Å². The Labute approximate surface area is 207 Å². The lowest BCUT2D eigenvalue weighted by Gasteiger charge is -2.40. The van der Waals surface area contributed by atoms with Gasteiger partial charge in [0.25, 0.3) is 0 Å². The van der Waals surface area contributed by atoms with Crippen molar-refractivity contribution < 1.29 is 9.59 Å². The summed E-state index contributed by atoms with van der Waals surface area (Å²) < 4.78 is 0. The number of nitrogens with one attached hydrogen (secondary N) is 1. The number of nitrogens with two attached hydrogens (primary N) is 1. The van der Waals surface area contributed by atoms with Crippen molar-refractivity contribution in [3.05, 3.63) is 41.7 Å². The summed E-state index contributed by atoms with van der Waals surface area (Å²) in [7, 11) is 2.14. The standard InChI is InChI=1S/C26H37N7O2/c1-5-19-12-21(14-29-24(19)27)30-25(34)26(35)33-15-17(2)6-8-22(33)20-7-9-23(28-13-20)32-11-10-31(4)16-18(32)3/h7,9,12-14,17-18,22H,5-6,8,10-11,15-16H2,1-4H3,(H2,27,29)(H,30,34)/t17-,18+,22+/m0/s1. The monoisotopic (exact) mass is 479 g/mol. The van der Waals surface area contributed by atoms with Gasteiger partial charge in [-0.05, 0) is 62.4 Å². The van der Waals surface area contributed by atoms with Crippen LogP contribution in [0, 0.1) is 5.92 Å². The molecule has 0 aliphatic carbocycles. The van der Waals surface area contributed by atoms with E-state index >= 15 is 0 Å². The average Bonchev–Trinajstić information content (AvgIpc) is 2.85. The molecule has 0 aromatic carbocycles. The second kappa shape index (κ2) is 10.6. The minimum atomic E-state index is -0.659. The zero-order valence-electron chi connectivity index (χ0n) is 21.2. The van der Waals surface area contributed by atoms with Crippen LogP contribution < -0.4 is 16.0 Å². The summed E-state index contributed by atoms with van der Waals surface area (Å²) >= 11 is 0. The number of hydrogen-bond donors (Lipinski definition) is 2. The van der Waals surface area contributed by atoms with Crippen molar-refractivity contribution >= 4 is 29.1 Å². The fourth-order valence-electron chi connectivity index (χ4n) is 5.16. The topological polar surface area (TPSA) is 108 Å². The number of nitrogens with zero attached hydrogens (tertiary/aromatic N) is 5. The maximum absolute atomic E-state index is 13.3. The summed E-state index contributed by atoms with van der Waals surface area (Å²) in [5.41, 5.74) is 8.14. The van der Waals surface area contributed by atoms with E-state index in [1.165, 1.54) is 6.20 Å². The van der Waals surface area contributed by atoms with Gasteiger partial charge in [-0.3, -0.25) is 9.59 Å². The quantitative estimate of drug-likeness (QED) is 0.649. The summed E-state index contributed by atoms with van der Waals surface area (Å²) in [6, 6.07) is 6.09. The molecule has 2 amide bonds. The van der Waals surface area contributed by atoms with Crippen LogP contribution in [0.15, 0.2) is 30.6 Å². The summed E-state index contributed by atoms with van der Waals surface area (Å²) in [6.45, 7) is 9.78. The molecule has 2 aliphatic heterocycles. The minimum absolute atomic E-state index is 0.174. The van der Waals surface area contributed by atoms with E-state index in [2.05, 4.69) is 47.1 Å². The lowest BCUT2D eigenvalue weighted by Crippen LogP contribution is -2.50. The summed E-state index contributed by atoms with van der Waals surface area (Å²) in [6.07, 6.45) is 5.84.